The second kappa shape index (κ2) is 11.0. The summed E-state index contributed by atoms with van der Waals surface area (Å²) in [5, 5.41) is 4.88. The van der Waals surface area contributed by atoms with Gasteiger partial charge in [-0.05, 0) is 72.7 Å². The van der Waals surface area contributed by atoms with Gasteiger partial charge in [-0.1, -0.05) is 68.2 Å². The average molecular weight is 503 g/mol. The van der Waals surface area contributed by atoms with Crippen molar-refractivity contribution in [2.75, 3.05) is 32.7 Å². The van der Waals surface area contributed by atoms with Gasteiger partial charge >= 0.3 is 0 Å². The molecule has 1 amide bonds. The van der Waals surface area contributed by atoms with Crippen molar-refractivity contribution in [3.8, 4) is 0 Å². The number of rotatable bonds is 5. The molecule has 2 aliphatic heterocycles. The van der Waals surface area contributed by atoms with Gasteiger partial charge in [-0.3, -0.25) is 9.69 Å². The normalized spacial score (nSPS) is 20.6. The number of amides is 1. The molecule has 2 heterocycles. The van der Waals surface area contributed by atoms with Gasteiger partial charge in [0.05, 0.1) is 6.04 Å². The standard InChI is InChI=1S/C28H37Cl2N3O/c1-28(2,3)25-19-32(16-17-33(25)26(34)18-20-12-14-31-15-13-20)27(21-4-8-23(29)9-5-21)22-6-10-24(30)11-7-22/h4-11,20,25,27,31H,12-19H2,1-3H3/t25-/m1/s1. The highest BCUT2D eigenvalue weighted by Gasteiger charge is 2.40. The Morgan fingerprint density at radius 3 is 1.97 bits per heavy atom. The molecule has 184 valence electrons. The third-order valence-corrected chi connectivity index (χ3v) is 7.89. The third-order valence-electron chi connectivity index (χ3n) is 7.39. The molecule has 4 rings (SSSR count). The SMILES string of the molecule is CC(C)(C)[C@H]1CN(C(c2ccc(Cl)cc2)c2ccc(Cl)cc2)CCN1C(=O)CC1CCNCC1. The summed E-state index contributed by atoms with van der Waals surface area (Å²) < 4.78 is 0. The van der Waals surface area contributed by atoms with E-state index < -0.39 is 0 Å². The molecular formula is C28H37Cl2N3O. The molecule has 1 atom stereocenters. The number of piperidine rings is 1. The van der Waals surface area contributed by atoms with Crippen LogP contribution >= 0.6 is 23.2 Å². The van der Waals surface area contributed by atoms with Crippen LogP contribution in [0.3, 0.4) is 0 Å². The Balaban J connectivity index is 1.59. The van der Waals surface area contributed by atoms with Gasteiger partial charge in [-0.25, -0.2) is 0 Å². The summed E-state index contributed by atoms with van der Waals surface area (Å²) in [6, 6.07) is 16.5. The van der Waals surface area contributed by atoms with Gasteiger partial charge in [0.2, 0.25) is 5.91 Å². The fraction of sp³-hybridized carbons (Fsp3) is 0.536. The zero-order chi connectivity index (χ0) is 24.3. The molecule has 6 heteroatoms. The van der Waals surface area contributed by atoms with Crippen molar-refractivity contribution in [2.45, 2.75) is 52.1 Å². The average Bonchev–Trinajstić information content (AvgIpc) is 2.82. The topological polar surface area (TPSA) is 35.6 Å². The number of nitrogens with one attached hydrogen (secondary N) is 1. The molecule has 4 nitrogen and oxygen atoms in total. The zero-order valence-corrected chi connectivity index (χ0v) is 22.1. The summed E-state index contributed by atoms with van der Waals surface area (Å²) in [4.78, 5) is 18.2. The number of hydrogen-bond donors (Lipinski definition) is 1. The molecule has 34 heavy (non-hydrogen) atoms. The minimum atomic E-state index is -0.0208. The van der Waals surface area contributed by atoms with Gasteiger partial charge in [0, 0.05) is 42.1 Å². The van der Waals surface area contributed by atoms with Crippen LogP contribution < -0.4 is 5.32 Å². The van der Waals surface area contributed by atoms with Crippen molar-refractivity contribution in [1.82, 2.24) is 15.1 Å². The highest BCUT2D eigenvalue weighted by atomic mass is 35.5. The van der Waals surface area contributed by atoms with E-state index in [9.17, 15) is 4.79 Å². The van der Waals surface area contributed by atoms with Crippen molar-refractivity contribution in [2.24, 2.45) is 11.3 Å². The highest BCUT2D eigenvalue weighted by molar-refractivity contribution is 6.30. The van der Waals surface area contributed by atoms with E-state index in [1.165, 1.54) is 11.1 Å². The van der Waals surface area contributed by atoms with E-state index in [1.807, 2.05) is 24.3 Å². The van der Waals surface area contributed by atoms with Crippen molar-refractivity contribution < 1.29 is 4.79 Å². The molecule has 0 radical (unpaired) electrons. The second-order valence-electron chi connectivity index (χ2n) is 10.9. The van der Waals surface area contributed by atoms with Gasteiger partial charge in [0.15, 0.2) is 0 Å². The highest BCUT2D eigenvalue weighted by Crippen LogP contribution is 2.36. The van der Waals surface area contributed by atoms with Crippen LogP contribution in [0.25, 0.3) is 0 Å². The summed E-state index contributed by atoms with van der Waals surface area (Å²) in [5.41, 5.74) is 2.38. The molecule has 2 aromatic carbocycles. The molecule has 2 fully saturated rings. The van der Waals surface area contributed by atoms with Crippen LogP contribution in [0.1, 0.15) is 57.2 Å². The molecule has 2 saturated heterocycles. The van der Waals surface area contributed by atoms with Crippen molar-refractivity contribution >= 4 is 29.1 Å². The summed E-state index contributed by atoms with van der Waals surface area (Å²) in [6.07, 6.45) is 2.87. The number of carbonyl (C=O) groups is 1. The van der Waals surface area contributed by atoms with Crippen LogP contribution in [-0.4, -0.2) is 54.5 Å². The molecule has 2 aromatic rings. The van der Waals surface area contributed by atoms with Gasteiger partial charge in [0.1, 0.15) is 0 Å². The fourth-order valence-electron chi connectivity index (χ4n) is 5.43. The lowest BCUT2D eigenvalue weighted by Gasteiger charge is -2.49. The maximum absolute atomic E-state index is 13.5. The first kappa shape index (κ1) is 25.5. The van der Waals surface area contributed by atoms with Crippen molar-refractivity contribution in [3.63, 3.8) is 0 Å². The quantitative estimate of drug-likeness (QED) is 0.542. The summed E-state index contributed by atoms with van der Waals surface area (Å²) in [5.74, 6) is 0.823. The third kappa shape index (κ3) is 6.15. The van der Waals surface area contributed by atoms with Crippen LogP contribution in [0.4, 0.5) is 0 Å². The molecular weight excluding hydrogens is 465 g/mol. The zero-order valence-electron chi connectivity index (χ0n) is 20.6. The minimum Gasteiger partial charge on any atom is -0.337 e. The molecule has 0 unspecified atom stereocenters. The summed E-state index contributed by atoms with van der Waals surface area (Å²) >= 11 is 12.4. The molecule has 0 aromatic heterocycles. The largest absolute Gasteiger partial charge is 0.337 e. The van der Waals surface area contributed by atoms with Gasteiger partial charge in [0.25, 0.3) is 0 Å². The van der Waals surface area contributed by atoms with Gasteiger partial charge in [-0.2, -0.15) is 0 Å². The van der Waals surface area contributed by atoms with Crippen LogP contribution in [0, 0.1) is 11.3 Å². The molecule has 1 N–H and O–H groups in total. The van der Waals surface area contributed by atoms with E-state index in [1.54, 1.807) is 0 Å². The molecule has 2 aliphatic rings. The van der Waals surface area contributed by atoms with Crippen LogP contribution in [0.5, 0.6) is 0 Å². The van der Waals surface area contributed by atoms with E-state index in [4.69, 9.17) is 23.2 Å². The monoisotopic (exact) mass is 501 g/mol. The Bertz CT molecular complexity index is 904. The smallest absolute Gasteiger partial charge is 0.223 e. The van der Waals surface area contributed by atoms with Crippen LogP contribution in [0.15, 0.2) is 48.5 Å². The molecule has 0 spiro atoms. The van der Waals surface area contributed by atoms with Gasteiger partial charge in [-0.15, -0.1) is 0 Å². The lowest BCUT2D eigenvalue weighted by atomic mass is 9.82. The summed E-state index contributed by atoms with van der Waals surface area (Å²) in [7, 11) is 0. The maximum atomic E-state index is 13.5. The molecule has 0 saturated carbocycles. The Kier molecular flexibility index (Phi) is 8.24. The van der Waals surface area contributed by atoms with Crippen molar-refractivity contribution in [1.29, 1.82) is 0 Å². The predicted molar refractivity (Wildman–Crippen MR) is 141 cm³/mol. The summed E-state index contributed by atoms with van der Waals surface area (Å²) in [6.45, 7) is 11.2. The Morgan fingerprint density at radius 2 is 1.47 bits per heavy atom. The molecule has 0 bridgehead atoms. The van der Waals surface area contributed by atoms with E-state index in [-0.39, 0.29) is 17.5 Å². The number of carbonyl (C=O) groups excluding carboxylic acids is 1. The fourth-order valence-corrected chi connectivity index (χ4v) is 5.68. The minimum absolute atomic E-state index is 0.0208. The number of halogens is 2. The predicted octanol–water partition coefficient (Wildman–Crippen LogP) is 6.03. The van der Waals surface area contributed by atoms with E-state index in [2.05, 4.69) is 60.2 Å². The molecule has 0 aliphatic carbocycles. The number of piperazine rings is 1. The number of hydrogen-bond acceptors (Lipinski definition) is 3. The van der Waals surface area contributed by atoms with Crippen molar-refractivity contribution in [3.05, 3.63) is 69.7 Å². The van der Waals surface area contributed by atoms with Crippen LogP contribution in [-0.2, 0) is 4.79 Å². The van der Waals surface area contributed by atoms with Gasteiger partial charge < -0.3 is 10.2 Å². The number of benzene rings is 2. The van der Waals surface area contributed by atoms with E-state index >= 15 is 0 Å². The first-order valence-corrected chi connectivity index (χ1v) is 13.2. The Labute approximate surface area is 214 Å². The van der Waals surface area contributed by atoms with Crippen LogP contribution in [0.2, 0.25) is 10.0 Å². The lowest BCUT2D eigenvalue weighted by Crippen LogP contribution is -2.60. The Morgan fingerprint density at radius 1 is 0.941 bits per heavy atom. The first-order chi connectivity index (χ1) is 16.2. The lowest BCUT2D eigenvalue weighted by molar-refractivity contribution is -0.141. The number of nitrogens with zero attached hydrogens (tertiary/aromatic N) is 2. The van der Waals surface area contributed by atoms with E-state index in [0.29, 0.717) is 18.2 Å². The second-order valence-corrected chi connectivity index (χ2v) is 11.7. The first-order valence-electron chi connectivity index (χ1n) is 12.5. The Hall–Kier alpha value is -1.59. The van der Waals surface area contributed by atoms with E-state index in [0.717, 1.165) is 55.6 Å². The maximum Gasteiger partial charge on any atom is 0.223 e.